The van der Waals surface area contributed by atoms with Crippen molar-refractivity contribution >= 4 is 11.6 Å². The van der Waals surface area contributed by atoms with Gasteiger partial charge in [-0.2, -0.15) is 0 Å². The van der Waals surface area contributed by atoms with Crippen molar-refractivity contribution in [1.29, 1.82) is 0 Å². The second-order valence-corrected chi connectivity index (χ2v) is 7.16. The molecule has 5 heteroatoms. The molecule has 3 heterocycles. The third-order valence-electron chi connectivity index (χ3n) is 4.69. The fraction of sp³-hybridized carbons (Fsp3) is 0.625. The molecule has 3 aliphatic rings. The monoisotopic (exact) mass is 310 g/mol. The molecule has 2 bridgehead atoms. The number of benzene rings is 1. The van der Waals surface area contributed by atoms with Crippen LogP contribution in [0.3, 0.4) is 0 Å². The van der Waals surface area contributed by atoms with E-state index in [-0.39, 0.29) is 24.4 Å². The predicted molar refractivity (Wildman–Crippen MR) is 77.1 cm³/mol. The molecule has 0 amide bonds. The minimum Gasteiger partial charge on any atom is -0.385 e. The van der Waals surface area contributed by atoms with Gasteiger partial charge in [0.15, 0.2) is 5.79 Å². The van der Waals surface area contributed by atoms with E-state index in [4.69, 9.17) is 25.8 Å². The maximum Gasteiger partial charge on any atom is 0.164 e. The molecule has 0 spiro atoms. The van der Waals surface area contributed by atoms with E-state index in [9.17, 15) is 5.11 Å². The molecule has 1 unspecified atom stereocenters. The van der Waals surface area contributed by atoms with Gasteiger partial charge in [-0.05, 0) is 31.5 Å². The van der Waals surface area contributed by atoms with Gasteiger partial charge < -0.3 is 19.3 Å². The van der Waals surface area contributed by atoms with Crippen LogP contribution in [0.5, 0.6) is 0 Å². The van der Waals surface area contributed by atoms with E-state index >= 15 is 0 Å². The van der Waals surface area contributed by atoms with Crippen LogP contribution in [0.1, 0.15) is 32.3 Å². The lowest BCUT2D eigenvalue weighted by Crippen LogP contribution is -2.42. The van der Waals surface area contributed by atoms with Gasteiger partial charge in [-0.15, -0.1) is 0 Å². The van der Waals surface area contributed by atoms with Crippen molar-refractivity contribution in [2.24, 2.45) is 0 Å². The fourth-order valence-corrected chi connectivity index (χ4v) is 4.05. The molecular formula is C16H19ClO4. The quantitative estimate of drug-likeness (QED) is 0.866. The topological polar surface area (TPSA) is 47.9 Å². The van der Waals surface area contributed by atoms with Gasteiger partial charge in [-0.3, -0.25) is 0 Å². The average molecular weight is 311 g/mol. The van der Waals surface area contributed by atoms with Crippen LogP contribution in [0, 0.1) is 0 Å². The molecule has 0 aromatic heterocycles. The first kappa shape index (κ1) is 14.0. The van der Waals surface area contributed by atoms with E-state index in [1.165, 1.54) is 0 Å². The van der Waals surface area contributed by atoms with E-state index in [1.54, 1.807) is 0 Å². The summed E-state index contributed by atoms with van der Waals surface area (Å²) in [5.41, 5.74) is -0.0906. The van der Waals surface area contributed by atoms with Crippen LogP contribution in [0.15, 0.2) is 24.3 Å². The zero-order chi connectivity index (χ0) is 14.8. The van der Waals surface area contributed by atoms with Crippen LogP contribution in [0.2, 0.25) is 5.02 Å². The number of aliphatic hydroxyl groups is 1. The maximum absolute atomic E-state index is 11.1. The van der Waals surface area contributed by atoms with Crippen molar-refractivity contribution in [3.8, 4) is 0 Å². The summed E-state index contributed by atoms with van der Waals surface area (Å²) >= 11 is 6.06. The largest absolute Gasteiger partial charge is 0.385 e. The van der Waals surface area contributed by atoms with Crippen LogP contribution >= 0.6 is 11.6 Å². The molecule has 0 radical (unpaired) electrons. The molecule has 3 saturated heterocycles. The van der Waals surface area contributed by atoms with E-state index in [1.807, 2.05) is 38.1 Å². The number of hydrogen-bond donors (Lipinski definition) is 1. The van der Waals surface area contributed by atoms with Gasteiger partial charge in [-0.25, -0.2) is 0 Å². The Morgan fingerprint density at radius 3 is 2.33 bits per heavy atom. The summed E-state index contributed by atoms with van der Waals surface area (Å²) in [6.45, 7) is 3.84. The summed E-state index contributed by atoms with van der Waals surface area (Å²) in [4.78, 5) is 0. The summed E-state index contributed by atoms with van der Waals surface area (Å²) in [5, 5.41) is 11.7. The van der Waals surface area contributed by atoms with Crippen molar-refractivity contribution in [2.45, 2.75) is 62.5 Å². The number of ether oxygens (including phenoxy) is 3. The Morgan fingerprint density at radius 2 is 1.76 bits per heavy atom. The van der Waals surface area contributed by atoms with Gasteiger partial charge in [0, 0.05) is 17.9 Å². The number of fused-ring (bicyclic) bond motifs is 5. The van der Waals surface area contributed by atoms with Crippen molar-refractivity contribution in [3.63, 3.8) is 0 Å². The van der Waals surface area contributed by atoms with Crippen LogP contribution in [0.4, 0.5) is 0 Å². The molecule has 0 aliphatic carbocycles. The third kappa shape index (κ3) is 2.21. The zero-order valence-electron chi connectivity index (χ0n) is 12.1. The minimum absolute atomic E-state index is 0.0989. The van der Waals surface area contributed by atoms with Gasteiger partial charge in [0.1, 0.15) is 12.2 Å². The second kappa shape index (κ2) is 4.43. The minimum atomic E-state index is -0.931. The molecule has 21 heavy (non-hydrogen) atoms. The lowest BCUT2D eigenvalue weighted by molar-refractivity contribution is -0.215. The van der Waals surface area contributed by atoms with E-state index in [0.717, 1.165) is 5.56 Å². The molecule has 3 fully saturated rings. The summed E-state index contributed by atoms with van der Waals surface area (Å²) < 4.78 is 17.9. The second-order valence-electron chi connectivity index (χ2n) is 6.73. The Hall–Kier alpha value is -0.650. The van der Waals surface area contributed by atoms with Crippen LogP contribution < -0.4 is 0 Å². The Balaban J connectivity index is 1.63. The molecule has 3 aliphatic heterocycles. The highest BCUT2D eigenvalue weighted by atomic mass is 35.5. The Bertz CT molecular complexity index is 551. The molecule has 1 N–H and O–H groups in total. The maximum atomic E-state index is 11.1. The van der Waals surface area contributed by atoms with Gasteiger partial charge in [-0.1, -0.05) is 23.7 Å². The lowest BCUT2D eigenvalue weighted by atomic mass is 9.83. The summed E-state index contributed by atoms with van der Waals surface area (Å²) in [6, 6.07) is 7.42. The van der Waals surface area contributed by atoms with Crippen LogP contribution in [0.25, 0.3) is 0 Å². The number of halogens is 1. The van der Waals surface area contributed by atoms with Gasteiger partial charge >= 0.3 is 0 Å². The smallest absolute Gasteiger partial charge is 0.164 e. The van der Waals surface area contributed by atoms with Crippen molar-refractivity contribution in [3.05, 3.63) is 34.9 Å². The molecule has 4 rings (SSSR count). The first-order chi connectivity index (χ1) is 9.86. The molecule has 114 valence electrons. The Labute approximate surface area is 129 Å². The normalized spacial score (nSPS) is 43.8. The van der Waals surface area contributed by atoms with Crippen molar-refractivity contribution in [1.82, 2.24) is 0 Å². The lowest BCUT2D eigenvalue weighted by Gasteiger charge is -2.38. The van der Waals surface area contributed by atoms with Crippen molar-refractivity contribution < 1.29 is 19.3 Å². The summed E-state index contributed by atoms with van der Waals surface area (Å²) in [7, 11) is 0. The Kier molecular flexibility index (Phi) is 2.95. The third-order valence-corrected chi connectivity index (χ3v) is 4.92. The first-order valence-corrected chi connectivity index (χ1v) is 7.74. The first-order valence-electron chi connectivity index (χ1n) is 7.36. The molecule has 1 aromatic carbocycles. The van der Waals surface area contributed by atoms with Gasteiger partial charge in [0.2, 0.25) is 0 Å². The average Bonchev–Trinajstić information content (AvgIpc) is 2.84. The molecule has 4 nitrogen and oxygen atoms in total. The molecule has 1 aromatic rings. The highest BCUT2D eigenvalue weighted by Gasteiger charge is 2.61. The standard InChI is InChI=1S/C16H19ClO4/c1-15(2)20-13-11-7-16(18,8-12(19-11)14(13)21-15)9-4-3-5-10(17)6-9/h3-6,11-14,18H,7-8H2,1-2H3/t11-,12+,13-,14+,16?. The van der Waals surface area contributed by atoms with E-state index < -0.39 is 11.4 Å². The predicted octanol–water partition coefficient (Wildman–Crippen LogP) is 2.61. The molecule has 5 atom stereocenters. The number of hydrogen-bond acceptors (Lipinski definition) is 4. The highest BCUT2D eigenvalue weighted by Crippen LogP contribution is 2.50. The summed E-state index contributed by atoms with van der Waals surface area (Å²) in [6.07, 6.45) is 0.532. The SMILES string of the molecule is CC1(C)O[C@@H]2[C@H](O1)[C@H]1CC(O)(c3cccc(Cl)c3)C[C@@H]2O1. The van der Waals surface area contributed by atoms with Crippen LogP contribution in [-0.2, 0) is 19.8 Å². The number of rotatable bonds is 1. The summed E-state index contributed by atoms with van der Waals surface area (Å²) in [5.74, 6) is -0.568. The molecule has 0 saturated carbocycles. The van der Waals surface area contributed by atoms with E-state index in [2.05, 4.69) is 0 Å². The van der Waals surface area contributed by atoms with E-state index in [0.29, 0.717) is 17.9 Å². The highest BCUT2D eigenvalue weighted by molar-refractivity contribution is 6.30. The zero-order valence-corrected chi connectivity index (χ0v) is 12.8. The van der Waals surface area contributed by atoms with Gasteiger partial charge in [0.05, 0.1) is 17.8 Å². The Morgan fingerprint density at radius 1 is 1.14 bits per heavy atom. The van der Waals surface area contributed by atoms with Gasteiger partial charge in [0.25, 0.3) is 0 Å². The molecular weight excluding hydrogens is 292 g/mol. The fourth-order valence-electron chi connectivity index (χ4n) is 3.86. The van der Waals surface area contributed by atoms with Crippen LogP contribution in [-0.4, -0.2) is 35.3 Å². The van der Waals surface area contributed by atoms with Crippen molar-refractivity contribution in [2.75, 3.05) is 0 Å².